The third-order valence-electron chi connectivity index (χ3n) is 3.62. The molecule has 0 aromatic heterocycles. The highest BCUT2D eigenvalue weighted by molar-refractivity contribution is 9.10. The number of hydrogen-bond donors (Lipinski definition) is 0. The van der Waals surface area contributed by atoms with Crippen molar-refractivity contribution in [3.63, 3.8) is 0 Å². The van der Waals surface area contributed by atoms with Gasteiger partial charge in [0.25, 0.3) is 5.91 Å². The van der Waals surface area contributed by atoms with Gasteiger partial charge in [-0.15, -0.1) is 0 Å². The van der Waals surface area contributed by atoms with Crippen molar-refractivity contribution in [1.29, 1.82) is 0 Å². The lowest BCUT2D eigenvalue weighted by Gasteiger charge is -2.33. The SMILES string of the molecule is CN(C)CC1CCN(C(=O)c2ccc(Br)cc2)CC1. The average Bonchev–Trinajstić information content (AvgIpc) is 2.39. The Kier molecular flexibility index (Phi) is 4.99. The van der Waals surface area contributed by atoms with E-state index < -0.39 is 0 Å². The minimum atomic E-state index is 0.163. The van der Waals surface area contributed by atoms with Gasteiger partial charge in [-0.05, 0) is 57.1 Å². The molecule has 19 heavy (non-hydrogen) atoms. The zero-order valence-electron chi connectivity index (χ0n) is 11.6. The van der Waals surface area contributed by atoms with E-state index in [1.807, 2.05) is 29.2 Å². The predicted octanol–water partition coefficient (Wildman–Crippen LogP) is 2.86. The second kappa shape index (κ2) is 6.53. The fourth-order valence-electron chi connectivity index (χ4n) is 2.61. The highest BCUT2D eigenvalue weighted by atomic mass is 79.9. The molecule has 0 atom stereocenters. The first-order chi connectivity index (χ1) is 9.06. The van der Waals surface area contributed by atoms with Crippen molar-refractivity contribution < 1.29 is 4.79 Å². The van der Waals surface area contributed by atoms with Crippen LogP contribution in [-0.4, -0.2) is 49.4 Å². The van der Waals surface area contributed by atoms with Crippen molar-refractivity contribution in [2.24, 2.45) is 5.92 Å². The summed E-state index contributed by atoms with van der Waals surface area (Å²) in [4.78, 5) is 16.6. The highest BCUT2D eigenvalue weighted by Gasteiger charge is 2.23. The molecule has 1 aliphatic heterocycles. The molecule has 0 radical (unpaired) electrons. The highest BCUT2D eigenvalue weighted by Crippen LogP contribution is 2.20. The molecule has 4 heteroatoms. The van der Waals surface area contributed by atoms with E-state index in [2.05, 4.69) is 34.9 Å². The van der Waals surface area contributed by atoms with E-state index in [4.69, 9.17) is 0 Å². The number of nitrogens with zero attached hydrogens (tertiary/aromatic N) is 2. The van der Waals surface area contributed by atoms with E-state index in [1.165, 1.54) is 0 Å². The summed E-state index contributed by atoms with van der Waals surface area (Å²) < 4.78 is 1.01. The van der Waals surface area contributed by atoms with Crippen LogP contribution in [0.1, 0.15) is 23.2 Å². The Morgan fingerprint density at radius 2 is 1.84 bits per heavy atom. The molecular weight excluding hydrogens is 304 g/mol. The number of carbonyl (C=O) groups is 1. The maximum Gasteiger partial charge on any atom is 0.253 e. The fraction of sp³-hybridized carbons (Fsp3) is 0.533. The average molecular weight is 325 g/mol. The molecule has 0 spiro atoms. The maximum atomic E-state index is 12.3. The van der Waals surface area contributed by atoms with Crippen LogP contribution in [0.3, 0.4) is 0 Å². The van der Waals surface area contributed by atoms with Gasteiger partial charge in [-0.2, -0.15) is 0 Å². The van der Waals surface area contributed by atoms with Crippen LogP contribution >= 0.6 is 15.9 Å². The molecule has 0 aliphatic carbocycles. The van der Waals surface area contributed by atoms with E-state index in [0.29, 0.717) is 0 Å². The number of rotatable bonds is 3. The first-order valence-electron chi connectivity index (χ1n) is 6.76. The zero-order valence-corrected chi connectivity index (χ0v) is 13.2. The molecule has 2 rings (SSSR count). The molecule has 0 bridgehead atoms. The van der Waals surface area contributed by atoms with Crippen molar-refractivity contribution in [2.45, 2.75) is 12.8 Å². The molecule has 0 N–H and O–H groups in total. The molecular formula is C15H21BrN2O. The number of carbonyl (C=O) groups excluding carboxylic acids is 1. The van der Waals surface area contributed by atoms with Gasteiger partial charge in [0, 0.05) is 29.7 Å². The molecule has 0 unspecified atom stereocenters. The zero-order chi connectivity index (χ0) is 13.8. The Morgan fingerprint density at radius 3 is 2.37 bits per heavy atom. The molecule has 1 aliphatic rings. The van der Waals surface area contributed by atoms with Gasteiger partial charge in [0.15, 0.2) is 0 Å². The number of benzene rings is 1. The van der Waals surface area contributed by atoms with Gasteiger partial charge in [-0.25, -0.2) is 0 Å². The lowest BCUT2D eigenvalue weighted by Crippen LogP contribution is -2.40. The van der Waals surface area contributed by atoms with Gasteiger partial charge < -0.3 is 9.80 Å². The van der Waals surface area contributed by atoms with Crippen LogP contribution < -0.4 is 0 Å². The standard InChI is InChI=1S/C15H21BrN2O/c1-17(2)11-12-7-9-18(10-8-12)15(19)13-3-5-14(16)6-4-13/h3-6,12H,7-11H2,1-2H3. The van der Waals surface area contributed by atoms with Crippen LogP contribution in [0.2, 0.25) is 0 Å². The number of halogens is 1. The first-order valence-corrected chi connectivity index (χ1v) is 7.55. The quantitative estimate of drug-likeness (QED) is 0.853. The Balaban J connectivity index is 1.90. The third kappa shape index (κ3) is 4.05. The molecule has 1 amide bonds. The molecule has 0 saturated carbocycles. The summed E-state index contributed by atoms with van der Waals surface area (Å²) >= 11 is 3.39. The van der Waals surface area contributed by atoms with Gasteiger partial charge in [-0.3, -0.25) is 4.79 Å². The van der Waals surface area contributed by atoms with Crippen LogP contribution in [0.15, 0.2) is 28.7 Å². The van der Waals surface area contributed by atoms with Crippen LogP contribution in [0.4, 0.5) is 0 Å². The summed E-state index contributed by atoms with van der Waals surface area (Å²) in [7, 11) is 4.22. The Labute approximate surface area is 123 Å². The van der Waals surface area contributed by atoms with E-state index >= 15 is 0 Å². The lowest BCUT2D eigenvalue weighted by atomic mass is 9.96. The minimum Gasteiger partial charge on any atom is -0.339 e. The van der Waals surface area contributed by atoms with Gasteiger partial charge >= 0.3 is 0 Å². The Morgan fingerprint density at radius 1 is 1.26 bits per heavy atom. The largest absolute Gasteiger partial charge is 0.339 e. The summed E-state index contributed by atoms with van der Waals surface area (Å²) in [6.45, 7) is 2.89. The summed E-state index contributed by atoms with van der Waals surface area (Å²) in [5, 5.41) is 0. The predicted molar refractivity (Wildman–Crippen MR) is 81.3 cm³/mol. The van der Waals surface area contributed by atoms with Crippen LogP contribution in [0.25, 0.3) is 0 Å². The van der Waals surface area contributed by atoms with Crippen molar-refractivity contribution in [3.05, 3.63) is 34.3 Å². The van der Waals surface area contributed by atoms with Gasteiger partial charge in [0.2, 0.25) is 0 Å². The van der Waals surface area contributed by atoms with Gasteiger partial charge in [-0.1, -0.05) is 15.9 Å². The Hall–Kier alpha value is -0.870. The van der Waals surface area contributed by atoms with Gasteiger partial charge in [0.05, 0.1) is 0 Å². The number of hydrogen-bond acceptors (Lipinski definition) is 2. The monoisotopic (exact) mass is 324 g/mol. The van der Waals surface area contributed by atoms with Gasteiger partial charge in [0.1, 0.15) is 0 Å². The summed E-state index contributed by atoms with van der Waals surface area (Å²) in [5.41, 5.74) is 0.786. The van der Waals surface area contributed by atoms with E-state index in [-0.39, 0.29) is 5.91 Å². The van der Waals surface area contributed by atoms with E-state index in [0.717, 1.165) is 48.4 Å². The lowest BCUT2D eigenvalue weighted by molar-refractivity contribution is 0.0678. The number of amides is 1. The maximum absolute atomic E-state index is 12.3. The Bertz CT molecular complexity index is 422. The second-order valence-electron chi connectivity index (χ2n) is 5.50. The van der Waals surface area contributed by atoms with Crippen LogP contribution in [0, 0.1) is 5.92 Å². The number of piperidine rings is 1. The van der Waals surface area contributed by atoms with Crippen molar-refractivity contribution >= 4 is 21.8 Å². The molecule has 1 heterocycles. The third-order valence-corrected chi connectivity index (χ3v) is 4.14. The van der Waals surface area contributed by atoms with Crippen LogP contribution in [-0.2, 0) is 0 Å². The fourth-order valence-corrected chi connectivity index (χ4v) is 2.87. The van der Waals surface area contributed by atoms with E-state index in [1.54, 1.807) is 0 Å². The second-order valence-corrected chi connectivity index (χ2v) is 6.42. The van der Waals surface area contributed by atoms with Crippen molar-refractivity contribution in [1.82, 2.24) is 9.80 Å². The molecule has 1 aromatic carbocycles. The molecule has 104 valence electrons. The summed E-state index contributed by atoms with van der Waals surface area (Å²) in [6.07, 6.45) is 2.22. The molecule has 1 aromatic rings. The van der Waals surface area contributed by atoms with Crippen LogP contribution in [0.5, 0.6) is 0 Å². The minimum absolute atomic E-state index is 0.163. The summed E-state index contributed by atoms with van der Waals surface area (Å²) in [6, 6.07) is 7.62. The molecule has 1 fully saturated rings. The first kappa shape index (κ1) is 14.5. The topological polar surface area (TPSA) is 23.6 Å². The molecule has 3 nitrogen and oxygen atoms in total. The summed E-state index contributed by atoms with van der Waals surface area (Å²) in [5.74, 6) is 0.889. The van der Waals surface area contributed by atoms with Crippen molar-refractivity contribution in [3.8, 4) is 0 Å². The van der Waals surface area contributed by atoms with E-state index in [9.17, 15) is 4.79 Å². The molecule has 1 saturated heterocycles. The normalized spacial score (nSPS) is 16.9. The smallest absolute Gasteiger partial charge is 0.253 e. The number of likely N-dealkylation sites (tertiary alicyclic amines) is 1. The van der Waals surface area contributed by atoms with Crippen molar-refractivity contribution in [2.75, 3.05) is 33.7 Å².